The number of rotatable bonds is 7. The van der Waals surface area contributed by atoms with Gasteiger partial charge in [0.2, 0.25) is 15.9 Å². The number of nitrogens with one attached hydrogen (secondary N) is 1. The number of para-hydroxylation sites is 1. The largest absolute Gasteiger partial charge is 0.460 e. The first-order valence-corrected chi connectivity index (χ1v) is 12.1. The predicted molar refractivity (Wildman–Crippen MR) is 122 cm³/mol. The Labute approximate surface area is 187 Å². The molecular formula is C24H26N2O5S. The second-order valence-corrected chi connectivity index (χ2v) is 9.44. The third-order valence-corrected chi connectivity index (χ3v) is 7.34. The van der Waals surface area contributed by atoms with Crippen LogP contribution < -0.4 is 5.32 Å². The molecule has 0 bridgehead atoms. The number of sulfonamides is 1. The molecular weight excluding hydrogens is 428 g/mol. The molecule has 0 unspecified atom stereocenters. The van der Waals surface area contributed by atoms with E-state index in [9.17, 15) is 13.2 Å². The maximum absolute atomic E-state index is 12.7. The van der Waals surface area contributed by atoms with E-state index in [0.717, 1.165) is 34.3 Å². The molecule has 0 aliphatic carbocycles. The van der Waals surface area contributed by atoms with Crippen LogP contribution in [0, 0.1) is 0 Å². The summed E-state index contributed by atoms with van der Waals surface area (Å²) in [6.45, 7) is 3.85. The van der Waals surface area contributed by atoms with Gasteiger partial charge >= 0.3 is 0 Å². The predicted octanol–water partition coefficient (Wildman–Crippen LogP) is 3.35. The summed E-state index contributed by atoms with van der Waals surface area (Å²) < 4.78 is 37.9. The Kier molecular flexibility index (Phi) is 6.74. The van der Waals surface area contributed by atoms with Crippen molar-refractivity contribution in [2.45, 2.75) is 24.8 Å². The lowest BCUT2D eigenvalue weighted by Crippen LogP contribution is -2.40. The van der Waals surface area contributed by atoms with Crippen LogP contribution in [0.5, 0.6) is 0 Å². The summed E-state index contributed by atoms with van der Waals surface area (Å²) in [5, 5.41) is 3.81. The van der Waals surface area contributed by atoms with Crippen LogP contribution in [0.25, 0.3) is 17.0 Å². The van der Waals surface area contributed by atoms with Gasteiger partial charge in [-0.1, -0.05) is 37.3 Å². The number of amides is 1. The van der Waals surface area contributed by atoms with Crippen molar-refractivity contribution in [2.75, 3.05) is 26.3 Å². The van der Waals surface area contributed by atoms with E-state index in [1.54, 1.807) is 30.3 Å². The molecule has 1 amide bonds. The van der Waals surface area contributed by atoms with Crippen LogP contribution in [0.2, 0.25) is 0 Å². The molecule has 1 N–H and O–H groups in total. The van der Waals surface area contributed by atoms with Crippen molar-refractivity contribution < 1.29 is 22.4 Å². The fraction of sp³-hybridized carbons (Fsp3) is 0.292. The highest BCUT2D eigenvalue weighted by Crippen LogP contribution is 2.27. The fourth-order valence-electron chi connectivity index (χ4n) is 3.68. The Morgan fingerprint density at radius 2 is 1.81 bits per heavy atom. The number of ether oxygens (including phenoxy) is 1. The summed E-state index contributed by atoms with van der Waals surface area (Å²) >= 11 is 0. The quantitative estimate of drug-likeness (QED) is 0.553. The molecule has 0 spiro atoms. The molecule has 4 rings (SSSR count). The first-order valence-electron chi connectivity index (χ1n) is 10.6. The lowest BCUT2D eigenvalue weighted by atomic mass is 10.1. The van der Waals surface area contributed by atoms with Gasteiger partial charge in [-0.25, -0.2) is 8.42 Å². The van der Waals surface area contributed by atoms with Crippen molar-refractivity contribution in [2.24, 2.45) is 0 Å². The number of carbonyl (C=O) groups is 1. The summed E-state index contributed by atoms with van der Waals surface area (Å²) in [7, 11) is -3.52. The van der Waals surface area contributed by atoms with Crippen LogP contribution >= 0.6 is 0 Å². The smallest absolute Gasteiger partial charge is 0.244 e. The van der Waals surface area contributed by atoms with Crippen LogP contribution in [0.1, 0.15) is 23.8 Å². The molecule has 1 aliphatic rings. The number of aryl methyl sites for hydroxylation is 1. The minimum Gasteiger partial charge on any atom is -0.460 e. The van der Waals surface area contributed by atoms with Crippen molar-refractivity contribution in [3.05, 3.63) is 71.5 Å². The standard InChI is InChI=1S/C24H26N2O5S/c1-2-22-21(20-5-3-4-6-23(20)31-22)11-12-24(27)25-17-18-7-9-19(10-8-18)32(28,29)26-13-15-30-16-14-26/h3-12H,2,13-17H2,1H3,(H,25,27)/b12-11+. The monoisotopic (exact) mass is 454 g/mol. The highest BCUT2D eigenvalue weighted by molar-refractivity contribution is 7.89. The van der Waals surface area contributed by atoms with Gasteiger partial charge in [0.1, 0.15) is 11.3 Å². The van der Waals surface area contributed by atoms with Gasteiger partial charge in [-0.3, -0.25) is 4.79 Å². The molecule has 8 heteroatoms. The van der Waals surface area contributed by atoms with Gasteiger partial charge in [-0.15, -0.1) is 0 Å². The number of furan rings is 1. The Bertz CT molecular complexity index is 1220. The summed E-state index contributed by atoms with van der Waals surface area (Å²) in [5.41, 5.74) is 2.53. The molecule has 7 nitrogen and oxygen atoms in total. The molecule has 32 heavy (non-hydrogen) atoms. The van der Waals surface area contributed by atoms with Crippen molar-refractivity contribution in [1.82, 2.24) is 9.62 Å². The summed E-state index contributed by atoms with van der Waals surface area (Å²) in [6, 6.07) is 14.3. The molecule has 1 saturated heterocycles. The average molecular weight is 455 g/mol. The second-order valence-electron chi connectivity index (χ2n) is 7.50. The van der Waals surface area contributed by atoms with Crippen molar-refractivity contribution in [3.63, 3.8) is 0 Å². The van der Waals surface area contributed by atoms with E-state index < -0.39 is 10.0 Å². The van der Waals surface area contributed by atoms with E-state index in [2.05, 4.69) is 5.32 Å². The summed E-state index contributed by atoms with van der Waals surface area (Å²) in [4.78, 5) is 12.6. The number of fused-ring (bicyclic) bond motifs is 1. The lowest BCUT2D eigenvalue weighted by Gasteiger charge is -2.26. The molecule has 168 valence electrons. The zero-order valence-electron chi connectivity index (χ0n) is 17.9. The van der Waals surface area contributed by atoms with Gasteiger partial charge in [0.15, 0.2) is 0 Å². The van der Waals surface area contributed by atoms with Gasteiger partial charge in [-0.2, -0.15) is 4.31 Å². The van der Waals surface area contributed by atoms with Crippen molar-refractivity contribution in [1.29, 1.82) is 0 Å². The molecule has 1 fully saturated rings. The Morgan fingerprint density at radius 1 is 1.09 bits per heavy atom. The Hall–Kier alpha value is -2.94. The topological polar surface area (TPSA) is 88.8 Å². The van der Waals surface area contributed by atoms with E-state index in [1.165, 1.54) is 10.4 Å². The van der Waals surface area contributed by atoms with Crippen LogP contribution in [0.15, 0.2) is 63.9 Å². The second kappa shape index (κ2) is 9.68. The van der Waals surface area contributed by atoms with E-state index in [-0.39, 0.29) is 10.8 Å². The molecule has 2 heterocycles. The minimum absolute atomic E-state index is 0.234. The third-order valence-electron chi connectivity index (χ3n) is 5.43. The molecule has 0 saturated carbocycles. The molecule has 2 aromatic carbocycles. The highest BCUT2D eigenvalue weighted by Gasteiger charge is 2.26. The third kappa shape index (κ3) is 4.77. The molecule has 1 aliphatic heterocycles. The summed E-state index contributed by atoms with van der Waals surface area (Å²) in [6.07, 6.45) is 4.00. The normalized spacial score (nSPS) is 15.4. The van der Waals surface area contributed by atoms with E-state index in [4.69, 9.17) is 9.15 Å². The van der Waals surface area contributed by atoms with Crippen LogP contribution in [0.3, 0.4) is 0 Å². The Balaban J connectivity index is 1.38. The number of hydrogen-bond donors (Lipinski definition) is 1. The van der Waals surface area contributed by atoms with E-state index in [0.29, 0.717) is 32.8 Å². The first kappa shape index (κ1) is 22.3. The number of hydrogen-bond acceptors (Lipinski definition) is 5. The van der Waals surface area contributed by atoms with Gasteiger partial charge < -0.3 is 14.5 Å². The van der Waals surface area contributed by atoms with Crippen molar-refractivity contribution in [3.8, 4) is 0 Å². The van der Waals surface area contributed by atoms with Crippen molar-refractivity contribution >= 4 is 33.0 Å². The molecule has 0 radical (unpaired) electrons. The lowest BCUT2D eigenvalue weighted by molar-refractivity contribution is -0.116. The highest BCUT2D eigenvalue weighted by atomic mass is 32.2. The minimum atomic E-state index is -3.52. The van der Waals surface area contributed by atoms with Gasteiger partial charge in [0, 0.05) is 43.1 Å². The maximum atomic E-state index is 12.7. The van der Waals surface area contributed by atoms with Crippen LogP contribution in [-0.2, 0) is 32.5 Å². The number of nitrogens with zero attached hydrogens (tertiary/aromatic N) is 1. The molecule has 3 aromatic rings. The maximum Gasteiger partial charge on any atom is 0.244 e. The number of morpholine rings is 1. The van der Waals surface area contributed by atoms with E-state index in [1.807, 2.05) is 31.2 Å². The first-order chi connectivity index (χ1) is 15.5. The molecule has 0 atom stereocenters. The number of benzene rings is 2. The molecule has 1 aromatic heterocycles. The van der Waals surface area contributed by atoms with Gasteiger partial charge in [-0.05, 0) is 29.8 Å². The zero-order valence-corrected chi connectivity index (χ0v) is 18.7. The van der Waals surface area contributed by atoms with Crippen LogP contribution in [-0.4, -0.2) is 44.9 Å². The average Bonchev–Trinajstić information content (AvgIpc) is 3.20. The Morgan fingerprint density at radius 3 is 2.53 bits per heavy atom. The van der Waals surface area contributed by atoms with Gasteiger partial charge in [0.05, 0.1) is 18.1 Å². The summed E-state index contributed by atoms with van der Waals surface area (Å²) in [5.74, 6) is 0.606. The zero-order chi connectivity index (χ0) is 22.6. The van der Waals surface area contributed by atoms with Crippen LogP contribution in [0.4, 0.5) is 0 Å². The fourth-order valence-corrected chi connectivity index (χ4v) is 5.09. The van der Waals surface area contributed by atoms with Gasteiger partial charge in [0.25, 0.3) is 0 Å². The van der Waals surface area contributed by atoms with E-state index >= 15 is 0 Å². The number of carbonyl (C=O) groups excluding carboxylic acids is 1. The SMILES string of the molecule is CCc1oc2ccccc2c1/C=C/C(=O)NCc1ccc(S(=O)(=O)N2CCOCC2)cc1.